The van der Waals surface area contributed by atoms with Gasteiger partial charge in [-0.1, -0.05) is 0 Å². The maximum atomic E-state index is 5.89. The first-order chi connectivity index (χ1) is 9.72. The first-order valence-electron chi connectivity index (χ1n) is 6.43. The number of rotatable bonds is 6. The molecular weight excluding hydrogens is 280 g/mol. The van der Waals surface area contributed by atoms with E-state index in [1.165, 1.54) is 30.2 Å². The lowest BCUT2D eigenvalue weighted by Crippen LogP contribution is -2.27. The Morgan fingerprint density at radius 2 is 2.25 bits per heavy atom. The normalized spacial score (nSPS) is 14.8. The van der Waals surface area contributed by atoms with Gasteiger partial charge in [0.15, 0.2) is 0 Å². The molecule has 8 nitrogen and oxygen atoms in total. The molecule has 1 N–H and O–H groups in total. The van der Waals surface area contributed by atoms with E-state index in [1.807, 2.05) is 0 Å². The van der Waals surface area contributed by atoms with E-state index in [9.17, 15) is 0 Å². The molecule has 1 aliphatic rings. The van der Waals surface area contributed by atoms with Crippen LogP contribution in [0.1, 0.15) is 12.8 Å². The number of nitrogens with zero attached hydrogens (tertiary/aromatic N) is 7. The van der Waals surface area contributed by atoms with Crippen LogP contribution in [0.25, 0.3) is 5.95 Å². The van der Waals surface area contributed by atoms with Crippen molar-refractivity contribution in [1.29, 1.82) is 0 Å². The van der Waals surface area contributed by atoms with Gasteiger partial charge in [0.05, 0.1) is 0 Å². The summed E-state index contributed by atoms with van der Waals surface area (Å²) in [7, 11) is 2.13. The molecule has 0 radical (unpaired) electrons. The molecule has 9 heteroatoms. The Labute approximate surface area is 121 Å². The molecule has 1 aliphatic carbocycles. The second-order valence-corrected chi connectivity index (χ2v) is 5.04. The Balaban J connectivity index is 1.63. The summed E-state index contributed by atoms with van der Waals surface area (Å²) in [6.07, 6.45) is 5.51. The molecule has 0 aliphatic heterocycles. The third kappa shape index (κ3) is 3.20. The molecule has 0 amide bonds. The fourth-order valence-electron chi connectivity index (χ4n) is 1.87. The molecule has 3 rings (SSSR count). The third-order valence-electron chi connectivity index (χ3n) is 3.14. The van der Waals surface area contributed by atoms with Crippen molar-refractivity contribution >= 4 is 17.5 Å². The van der Waals surface area contributed by atoms with Gasteiger partial charge in [-0.25, -0.2) is 4.98 Å². The Morgan fingerprint density at radius 3 is 2.95 bits per heavy atom. The fourth-order valence-corrected chi connectivity index (χ4v) is 2.03. The van der Waals surface area contributed by atoms with Crippen molar-refractivity contribution in [2.75, 3.05) is 25.5 Å². The standard InChI is InChI=1S/C11H15ClN8/c1-19(8-2-3-8)5-4-14-10-16-9(12)17-11(18-10)20-7-13-6-15-20/h6-8H,2-5H2,1H3,(H,14,16,17,18). The number of halogens is 1. The molecule has 0 aromatic carbocycles. The molecule has 1 fully saturated rings. The van der Waals surface area contributed by atoms with Crippen LogP contribution in [0.3, 0.4) is 0 Å². The smallest absolute Gasteiger partial charge is 0.258 e. The zero-order valence-electron chi connectivity index (χ0n) is 11.1. The van der Waals surface area contributed by atoms with Gasteiger partial charge < -0.3 is 10.2 Å². The Morgan fingerprint density at radius 1 is 1.40 bits per heavy atom. The molecule has 1 saturated carbocycles. The maximum Gasteiger partial charge on any atom is 0.258 e. The van der Waals surface area contributed by atoms with Crippen LogP contribution in [0.5, 0.6) is 0 Å². The van der Waals surface area contributed by atoms with Gasteiger partial charge in [0.2, 0.25) is 11.2 Å². The third-order valence-corrected chi connectivity index (χ3v) is 3.31. The van der Waals surface area contributed by atoms with E-state index in [0.29, 0.717) is 11.9 Å². The van der Waals surface area contributed by atoms with Crippen LogP contribution in [0.2, 0.25) is 5.28 Å². The number of aromatic nitrogens is 6. The monoisotopic (exact) mass is 294 g/mol. The highest BCUT2D eigenvalue weighted by atomic mass is 35.5. The van der Waals surface area contributed by atoms with Gasteiger partial charge in [0.1, 0.15) is 12.7 Å². The summed E-state index contributed by atoms with van der Waals surface area (Å²) in [6.45, 7) is 1.69. The quantitative estimate of drug-likeness (QED) is 0.835. The Bertz CT molecular complexity index is 568. The Hall–Kier alpha value is -1.80. The van der Waals surface area contributed by atoms with Gasteiger partial charge in [-0.3, -0.25) is 0 Å². The molecule has 0 saturated heterocycles. The Kier molecular flexibility index (Phi) is 3.75. The van der Waals surface area contributed by atoms with Crippen LogP contribution >= 0.6 is 11.6 Å². The van der Waals surface area contributed by atoms with E-state index in [-0.39, 0.29) is 5.28 Å². The molecule has 0 atom stereocenters. The predicted molar refractivity (Wildman–Crippen MR) is 73.9 cm³/mol. The largest absolute Gasteiger partial charge is 0.353 e. The average molecular weight is 295 g/mol. The second-order valence-electron chi connectivity index (χ2n) is 4.71. The van der Waals surface area contributed by atoms with Gasteiger partial charge in [0, 0.05) is 19.1 Å². The molecule has 20 heavy (non-hydrogen) atoms. The minimum atomic E-state index is 0.128. The minimum absolute atomic E-state index is 0.128. The zero-order valence-corrected chi connectivity index (χ0v) is 11.8. The SMILES string of the molecule is CN(CCNc1nc(Cl)nc(-n2cncn2)n1)C1CC1. The lowest BCUT2D eigenvalue weighted by molar-refractivity contribution is 0.337. The molecule has 2 aromatic rings. The highest BCUT2D eigenvalue weighted by molar-refractivity contribution is 6.28. The van der Waals surface area contributed by atoms with Crippen molar-refractivity contribution in [3.8, 4) is 5.95 Å². The van der Waals surface area contributed by atoms with Gasteiger partial charge in [-0.15, -0.1) is 0 Å². The van der Waals surface area contributed by atoms with Gasteiger partial charge in [-0.05, 0) is 31.5 Å². The first-order valence-corrected chi connectivity index (χ1v) is 6.81. The summed E-state index contributed by atoms with van der Waals surface area (Å²) in [6, 6.07) is 0.740. The molecule has 2 heterocycles. The van der Waals surface area contributed by atoms with Crippen LogP contribution in [0.4, 0.5) is 5.95 Å². The van der Waals surface area contributed by atoms with E-state index in [4.69, 9.17) is 11.6 Å². The highest BCUT2D eigenvalue weighted by Gasteiger charge is 2.25. The number of anilines is 1. The van der Waals surface area contributed by atoms with E-state index in [0.717, 1.165) is 19.1 Å². The van der Waals surface area contributed by atoms with E-state index in [1.54, 1.807) is 0 Å². The van der Waals surface area contributed by atoms with Crippen molar-refractivity contribution in [1.82, 2.24) is 34.6 Å². The van der Waals surface area contributed by atoms with Crippen molar-refractivity contribution in [3.05, 3.63) is 17.9 Å². The molecule has 106 valence electrons. The first kappa shape index (κ1) is 13.2. The van der Waals surface area contributed by atoms with Crippen LogP contribution in [0, 0.1) is 0 Å². The zero-order chi connectivity index (χ0) is 13.9. The minimum Gasteiger partial charge on any atom is -0.353 e. The summed E-state index contributed by atoms with van der Waals surface area (Å²) < 4.78 is 1.44. The lowest BCUT2D eigenvalue weighted by atomic mass is 10.5. The molecule has 0 bridgehead atoms. The van der Waals surface area contributed by atoms with Gasteiger partial charge in [-0.2, -0.15) is 24.7 Å². The fraction of sp³-hybridized carbons (Fsp3) is 0.545. The molecule has 2 aromatic heterocycles. The van der Waals surface area contributed by atoms with Crippen LogP contribution in [-0.4, -0.2) is 60.8 Å². The van der Waals surface area contributed by atoms with Crippen LogP contribution < -0.4 is 5.32 Å². The lowest BCUT2D eigenvalue weighted by Gasteiger charge is -2.15. The van der Waals surface area contributed by atoms with E-state index < -0.39 is 0 Å². The molecule has 0 unspecified atom stereocenters. The van der Waals surface area contributed by atoms with Crippen LogP contribution in [0.15, 0.2) is 12.7 Å². The van der Waals surface area contributed by atoms with Crippen molar-refractivity contribution < 1.29 is 0 Å². The van der Waals surface area contributed by atoms with Crippen molar-refractivity contribution in [3.63, 3.8) is 0 Å². The number of likely N-dealkylation sites (N-methyl/N-ethyl adjacent to an activating group) is 1. The topological polar surface area (TPSA) is 84.6 Å². The number of hydrogen-bond donors (Lipinski definition) is 1. The average Bonchev–Trinajstić information content (AvgIpc) is 3.13. The summed E-state index contributed by atoms with van der Waals surface area (Å²) in [5.41, 5.74) is 0. The summed E-state index contributed by atoms with van der Waals surface area (Å²) in [4.78, 5) is 18.5. The number of hydrogen-bond acceptors (Lipinski definition) is 7. The summed E-state index contributed by atoms with van der Waals surface area (Å²) >= 11 is 5.89. The van der Waals surface area contributed by atoms with Gasteiger partial charge in [0.25, 0.3) is 5.95 Å². The van der Waals surface area contributed by atoms with Crippen LogP contribution in [-0.2, 0) is 0 Å². The summed E-state index contributed by atoms with van der Waals surface area (Å²) in [5, 5.41) is 7.25. The highest BCUT2D eigenvalue weighted by Crippen LogP contribution is 2.24. The van der Waals surface area contributed by atoms with E-state index >= 15 is 0 Å². The maximum absolute atomic E-state index is 5.89. The second kappa shape index (κ2) is 5.68. The molecule has 0 spiro atoms. The van der Waals surface area contributed by atoms with Crippen molar-refractivity contribution in [2.24, 2.45) is 0 Å². The van der Waals surface area contributed by atoms with Gasteiger partial charge >= 0.3 is 0 Å². The van der Waals surface area contributed by atoms with E-state index in [2.05, 4.69) is 42.3 Å². The predicted octanol–water partition coefficient (Wildman–Crippen LogP) is 0.612. The number of nitrogens with one attached hydrogen (secondary N) is 1. The molecular formula is C11H15ClN8. The summed E-state index contributed by atoms with van der Waals surface area (Å²) in [5.74, 6) is 0.792. The van der Waals surface area contributed by atoms with Crippen molar-refractivity contribution in [2.45, 2.75) is 18.9 Å².